The van der Waals surface area contributed by atoms with E-state index in [0.29, 0.717) is 39.5 Å². The lowest BCUT2D eigenvalue weighted by Crippen LogP contribution is -2.48. The van der Waals surface area contributed by atoms with Crippen LogP contribution in [-0.2, 0) is 32.6 Å². The van der Waals surface area contributed by atoms with Crippen molar-refractivity contribution in [1.82, 2.24) is 18.8 Å². The number of aromatic nitrogens is 2. The summed E-state index contributed by atoms with van der Waals surface area (Å²) in [6.45, 7) is 2.95. The third-order valence-corrected chi connectivity index (χ3v) is 5.89. The van der Waals surface area contributed by atoms with Crippen molar-refractivity contribution in [2.75, 3.05) is 40.0 Å². The third-order valence-electron chi connectivity index (χ3n) is 4.26. The highest BCUT2D eigenvalue weighted by atomic mass is 32.2. The van der Waals surface area contributed by atoms with Crippen LogP contribution in [0.5, 0.6) is 0 Å². The van der Waals surface area contributed by atoms with Gasteiger partial charge in [0, 0.05) is 26.4 Å². The molecule has 8 nitrogen and oxygen atoms in total. The molecule has 0 saturated carbocycles. The maximum Gasteiger partial charge on any atom is 0.280 e. The van der Waals surface area contributed by atoms with Gasteiger partial charge in [0.2, 0.25) is 0 Å². The molecule has 2 heterocycles. The SMILES string of the molecule is COCCn1cc2c(n1)[C@H](NS(=O)(=O)N1CCOCC1)CCC2. The van der Waals surface area contributed by atoms with E-state index in [-0.39, 0.29) is 6.04 Å². The van der Waals surface area contributed by atoms with E-state index in [0.717, 1.165) is 30.5 Å². The highest BCUT2D eigenvalue weighted by Crippen LogP contribution is 2.29. The van der Waals surface area contributed by atoms with Gasteiger partial charge >= 0.3 is 0 Å². The average Bonchev–Trinajstić information content (AvgIpc) is 2.98. The van der Waals surface area contributed by atoms with Gasteiger partial charge in [0.25, 0.3) is 10.2 Å². The molecule has 3 rings (SSSR count). The van der Waals surface area contributed by atoms with Crippen molar-refractivity contribution < 1.29 is 17.9 Å². The van der Waals surface area contributed by atoms with Crippen molar-refractivity contribution >= 4 is 10.2 Å². The van der Waals surface area contributed by atoms with Crippen molar-refractivity contribution in [3.05, 3.63) is 17.5 Å². The van der Waals surface area contributed by atoms with Gasteiger partial charge in [0.1, 0.15) is 0 Å². The molecule has 1 aliphatic carbocycles. The van der Waals surface area contributed by atoms with E-state index in [9.17, 15) is 8.42 Å². The number of fused-ring (bicyclic) bond motifs is 1. The van der Waals surface area contributed by atoms with Gasteiger partial charge < -0.3 is 9.47 Å². The van der Waals surface area contributed by atoms with Crippen molar-refractivity contribution in [3.8, 4) is 0 Å². The van der Waals surface area contributed by atoms with Crippen LogP contribution in [-0.4, -0.2) is 62.5 Å². The quantitative estimate of drug-likeness (QED) is 0.789. The molecule has 0 aromatic carbocycles. The molecule has 1 aliphatic heterocycles. The zero-order chi connectivity index (χ0) is 16.3. The summed E-state index contributed by atoms with van der Waals surface area (Å²) < 4.78 is 41.5. The Morgan fingerprint density at radius 3 is 2.96 bits per heavy atom. The molecular weight excluding hydrogens is 320 g/mol. The second-order valence-corrected chi connectivity index (χ2v) is 7.58. The fourth-order valence-corrected chi connectivity index (χ4v) is 4.42. The monoisotopic (exact) mass is 344 g/mol. The molecule has 1 fully saturated rings. The maximum absolute atomic E-state index is 12.5. The summed E-state index contributed by atoms with van der Waals surface area (Å²) in [4.78, 5) is 0. The summed E-state index contributed by atoms with van der Waals surface area (Å²) in [5.74, 6) is 0. The number of hydrogen-bond donors (Lipinski definition) is 1. The lowest BCUT2D eigenvalue weighted by Gasteiger charge is -2.29. The van der Waals surface area contributed by atoms with Gasteiger partial charge in [-0.1, -0.05) is 0 Å². The Morgan fingerprint density at radius 2 is 2.22 bits per heavy atom. The van der Waals surface area contributed by atoms with Crippen LogP contribution < -0.4 is 4.72 Å². The normalized spacial score (nSPS) is 22.9. The van der Waals surface area contributed by atoms with E-state index in [4.69, 9.17) is 9.47 Å². The van der Waals surface area contributed by atoms with Crippen molar-refractivity contribution in [2.45, 2.75) is 31.8 Å². The van der Waals surface area contributed by atoms with Crippen molar-refractivity contribution in [1.29, 1.82) is 0 Å². The topological polar surface area (TPSA) is 85.7 Å². The summed E-state index contributed by atoms with van der Waals surface area (Å²) >= 11 is 0. The Hall–Kier alpha value is -1.00. The Morgan fingerprint density at radius 1 is 1.43 bits per heavy atom. The molecule has 1 aromatic rings. The summed E-state index contributed by atoms with van der Waals surface area (Å²) in [6, 6.07) is -0.254. The van der Waals surface area contributed by atoms with Gasteiger partial charge in [-0.25, -0.2) is 0 Å². The predicted molar refractivity (Wildman–Crippen MR) is 84.2 cm³/mol. The van der Waals surface area contributed by atoms with Crippen molar-refractivity contribution in [2.24, 2.45) is 0 Å². The third kappa shape index (κ3) is 3.92. The zero-order valence-electron chi connectivity index (χ0n) is 13.4. The van der Waals surface area contributed by atoms with E-state index < -0.39 is 10.2 Å². The van der Waals surface area contributed by atoms with Gasteiger partial charge in [-0.15, -0.1) is 0 Å². The number of nitrogens with one attached hydrogen (secondary N) is 1. The molecule has 1 saturated heterocycles. The molecule has 0 radical (unpaired) electrons. The number of aryl methyl sites for hydroxylation is 1. The van der Waals surface area contributed by atoms with Gasteiger partial charge in [-0.05, 0) is 24.8 Å². The molecule has 0 bridgehead atoms. The second-order valence-electron chi connectivity index (χ2n) is 5.87. The largest absolute Gasteiger partial charge is 0.383 e. The average molecular weight is 344 g/mol. The smallest absolute Gasteiger partial charge is 0.280 e. The van der Waals surface area contributed by atoms with Crippen LogP contribution >= 0.6 is 0 Å². The molecular formula is C14H24N4O4S. The Labute approximate surface area is 136 Å². The Bertz CT molecular complexity index is 625. The Kier molecular flexibility index (Phi) is 5.32. The number of methoxy groups -OCH3 is 1. The number of hydrogen-bond acceptors (Lipinski definition) is 5. The molecule has 0 spiro atoms. The van der Waals surface area contributed by atoms with Gasteiger partial charge in [0.05, 0.1) is 38.1 Å². The van der Waals surface area contributed by atoms with Crippen LogP contribution in [0.3, 0.4) is 0 Å². The van der Waals surface area contributed by atoms with Crippen LogP contribution in [0.4, 0.5) is 0 Å². The van der Waals surface area contributed by atoms with Crippen LogP contribution in [0, 0.1) is 0 Å². The predicted octanol–water partition coefficient (Wildman–Crippen LogP) is 0.0735. The molecule has 130 valence electrons. The van der Waals surface area contributed by atoms with E-state index >= 15 is 0 Å². The van der Waals surface area contributed by atoms with Crippen LogP contribution in [0.1, 0.15) is 30.1 Å². The number of ether oxygens (including phenoxy) is 2. The first-order valence-electron chi connectivity index (χ1n) is 8.00. The van der Waals surface area contributed by atoms with E-state index in [1.54, 1.807) is 7.11 Å². The second kappa shape index (κ2) is 7.27. The fraction of sp³-hybridized carbons (Fsp3) is 0.786. The Balaban J connectivity index is 1.73. The van der Waals surface area contributed by atoms with Crippen LogP contribution in [0.15, 0.2) is 6.20 Å². The van der Waals surface area contributed by atoms with Gasteiger partial charge in [0.15, 0.2) is 0 Å². The summed E-state index contributed by atoms with van der Waals surface area (Å²) in [6.07, 6.45) is 4.68. The molecule has 0 unspecified atom stereocenters. The van der Waals surface area contributed by atoms with Crippen LogP contribution in [0.25, 0.3) is 0 Å². The number of morpholine rings is 1. The fourth-order valence-electron chi connectivity index (χ4n) is 3.05. The molecule has 23 heavy (non-hydrogen) atoms. The maximum atomic E-state index is 12.5. The molecule has 1 atom stereocenters. The van der Waals surface area contributed by atoms with Crippen LogP contribution in [0.2, 0.25) is 0 Å². The van der Waals surface area contributed by atoms with E-state index in [1.165, 1.54) is 4.31 Å². The summed E-state index contributed by atoms with van der Waals surface area (Å²) in [5.41, 5.74) is 1.98. The first-order chi connectivity index (χ1) is 11.1. The lowest BCUT2D eigenvalue weighted by molar-refractivity contribution is 0.0722. The van der Waals surface area contributed by atoms with Gasteiger partial charge in [-0.3, -0.25) is 4.68 Å². The van der Waals surface area contributed by atoms with E-state index in [1.807, 2.05) is 10.9 Å². The molecule has 1 N–H and O–H groups in total. The number of nitrogens with zero attached hydrogens (tertiary/aromatic N) is 3. The first-order valence-corrected chi connectivity index (χ1v) is 9.44. The zero-order valence-corrected chi connectivity index (χ0v) is 14.2. The molecule has 2 aliphatic rings. The lowest BCUT2D eigenvalue weighted by atomic mass is 9.94. The highest BCUT2D eigenvalue weighted by Gasteiger charge is 2.31. The highest BCUT2D eigenvalue weighted by molar-refractivity contribution is 7.87. The molecule has 1 aromatic heterocycles. The number of rotatable bonds is 6. The first kappa shape index (κ1) is 16.8. The summed E-state index contributed by atoms with van der Waals surface area (Å²) in [5, 5.41) is 4.57. The standard InChI is InChI=1S/C14H24N4O4S/c1-21-8-5-17-11-12-3-2-4-13(14(12)15-17)16-23(19,20)18-6-9-22-10-7-18/h11,13,16H,2-10H2,1H3/t13-/m1/s1. The minimum absolute atomic E-state index is 0.254. The summed E-state index contributed by atoms with van der Waals surface area (Å²) in [7, 11) is -1.85. The minimum Gasteiger partial charge on any atom is -0.383 e. The van der Waals surface area contributed by atoms with Crippen molar-refractivity contribution in [3.63, 3.8) is 0 Å². The van der Waals surface area contributed by atoms with Gasteiger partial charge in [-0.2, -0.15) is 22.5 Å². The molecule has 9 heteroatoms. The minimum atomic E-state index is -3.50. The van der Waals surface area contributed by atoms with E-state index in [2.05, 4.69) is 9.82 Å². The molecule has 0 amide bonds.